The Kier molecular flexibility index (Phi) is 6.79. The third-order valence-electron chi connectivity index (χ3n) is 4.56. The number of halogens is 1. The number of carbonyl (C=O) groups is 2. The molecule has 1 fully saturated rings. The van der Waals surface area contributed by atoms with E-state index in [0.717, 1.165) is 31.7 Å². The zero-order chi connectivity index (χ0) is 19.3. The molecule has 0 atom stereocenters. The van der Waals surface area contributed by atoms with E-state index in [1.54, 1.807) is 0 Å². The summed E-state index contributed by atoms with van der Waals surface area (Å²) in [5.74, 6) is -0.288. The van der Waals surface area contributed by atoms with Crippen molar-refractivity contribution in [2.45, 2.75) is 45.1 Å². The van der Waals surface area contributed by atoms with Crippen LogP contribution < -0.4 is 16.4 Å². The van der Waals surface area contributed by atoms with Gasteiger partial charge in [-0.15, -0.1) is 0 Å². The third-order valence-corrected chi connectivity index (χ3v) is 4.88. The number of anilines is 1. The maximum atomic E-state index is 12.5. The molecule has 1 aromatic carbocycles. The third kappa shape index (κ3) is 5.32. The molecule has 0 unspecified atom stereocenters. The van der Waals surface area contributed by atoms with E-state index in [0.29, 0.717) is 5.92 Å². The van der Waals surface area contributed by atoms with Crippen LogP contribution in [-0.2, 0) is 4.79 Å². The van der Waals surface area contributed by atoms with Gasteiger partial charge in [-0.2, -0.15) is 0 Å². The summed E-state index contributed by atoms with van der Waals surface area (Å²) < 4.78 is 0. The molecule has 1 saturated carbocycles. The number of hydrogen-bond donors (Lipinski definition) is 3. The number of nitrogens with zero attached hydrogens (tertiary/aromatic N) is 1. The molecule has 0 spiro atoms. The number of nitrogens with two attached hydrogens (primary N) is 1. The lowest BCUT2D eigenvalue weighted by Crippen LogP contribution is -2.37. The van der Waals surface area contributed by atoms with E-state index >= 15 is 0 Å². The zero-order valence-corrected chi connectivity index (χ0v) is 15.3. The molecule has 26 heavy (non-hydrogen) atoms. The summed E-state index contributed by atoms with van der Waals surface area (Å²) >= 11 is 6.17. The van der Waals surface area contributed by atoms with Gasteiger partial charge in [-0.3, -0.25) is 19.7 Å². The highest BCUT2D eigenvalue weighted by Crippen LogP contribution is 2.32. The number of primary amides is 1. The average molecular weight is 383 g/mol. The minimum Gasteiger partial charge on any atom is -0.379 e. The van der Waals surface area contributed by atoms with E-state index in [1.807, 2.05) is 0 Å². The molecule has 0 aliphatic heterocycles. The van der Waals surface area contributed by atoms with E-state index in [-0.39, 0.29) is 41.0 Å². The van der Waals surface area contributed by atoms with E-state index < -0.39 is 16.7 Å². The summed E-state index contributed by atoms with van der Waals surface area (Å²) in [5.41, 5.74) is 4.99. The maximum Gasteiger partial charge on any atom is 0.293 e. The fourth-order valence-electron chi connectivity index (χ4n) is 3.02. The van der Waals surface area contributed by atoms with E-state index in [9.17, 15) is 19.7 Å². The van der Waals surface area contributed by atoms with Crippen LogP contribution >= 0.6 is 11.6 Å². The van der Waals surface area contributed by atoms with Gasteiger partial charge in [-0.05, 0) is 37.7 Å². The molecule has 2 rings (SSSR count). The quantitative estimate of drug-likeness (QED) is 0.493. The van der Waals surface area contributed by atoms with E-state index in [2.05, 4.69) is 17.6 Å². The Balaban J connectivity index is 2.15. The number of hydrogen-bond acceptors (Lipinski definition) is 5. The molecular weight excluding hydrogens is 360 g/mol. The van der Waals surface area contributed by atoms with Gasteiger partial charge in [0.2, 0.25) is 5.91 Å². The number of nitrogens with one attached hydrogen (secondary N) is 2. The molecule has 0 saturated heterocycles. The highest BCUT2D eigenvalue weighted by molar-refractivity contribution is 6.34. The van der Waals surface area contributed by atoms with Crippen LogP contribution in [-0.4, -0.2) is 29.3 Å². The predicted octanol–water partition coefficient (Wildman–Crippen LogP) is 2.84. The van der Waals surface area contributed by atoms with Crippen LogP contribution in [0.2, 0.25) is 5.02 Å². The first-order chi connectivity index (χ1) is 12.3. The molecule has 1 aromatic rings. The second-order valence-electron chi connectivity index (χ2n) is 6.68. The van der Waals surface area contributed by atoms with Gasteiger partial charge in [0.15, 0.2) is 0 Å². The first-order valence-electron chi connectivity index (χ1n) is 8.59. The maximum absolute atomic E-state index is 12.5. The van der Waals surface area contributed by atoms with Gasteiger partial charge in [0.25, 0.3) is 11.6 Å². The number of benzene rings is 1. The molecular formula is C17H23ClN4O4. The first-order valence-corrected chi connectivity index (χ1v) is 8.96. The van der Waals surface area contributed by atoms with Crippen molar-refractivity contribution in [2.24, 2.45) is 11.7 Å². The number of nitro benzene ring substituents is 1. The van der Waals surface area contributed by atoms with Crippen LogP contribution in [0.1, 0.15) is 49.4 Å². The summed E-state index contributed by atoms with van der Waals surface area (Å²) in [4.78, 5) is 34.0. The van der Waals surface area contributed by atoms with Gasteiger partial charge in [0.05, 0.1) is 15.5 Å². The smallest absolute Gasteiger partial charge is 0.293 e. The average Bonchev–Trinajstić information content (AvgIpc) is 2.56. The van der Waals surface area contributed by atoms with Crippen LogP contribution in [0.15, 0.2) is 12.1 Å². The van der Waals surface area contributed by atoms with Gasteiger partial charge >= 0.3 is 0 Å². The lowest BCUT2D eigenvalue weighted by atomic mass is 9.87. The molecule has 1 aliphatic rings. The molecule has 0 radical (unpaired) electrons. The Morgan fingerprint density at radius 3 is 2.54 bits per heavy atom. The minimum absolute atomic E-state index is 0.0249. The summed E-state index contributed by atoms with van der Waals surface area (Å²) in [6, 6.07) is 2.55. The first kappa shape index (κ1) is 20.0. The summed E-state index contributed by atoms with van der Waals surface area (Å²) in [7, 11) is 0. The molecule has 142 valence electrons. The second kappa shape index (κ2) is 8.84. The fourth-order valence-corrected chi connectivity index (χ4v) is 3.27. The zero-order valence-electron chi connectivity index (χ0n) is 14.6. The van der Waals surface area contributed by atoms with Crippen LogP contribution in [0, 0.1) is 16.0 Å². The number of carbonyl (C=O) groups excluding carboxylic acids is 2. The van der Waals surface area contributed by atoms with Gasteiger partial charge in [0.1, 0.15) is 5.69 Å². The Hall–Kier alpha value is -2.35. The van der Waals surface area contributed by atoms with Gasteiger partial charge in [-0.1, -0.05) is 18.5 Å². The molecule has 9 heteroatoms. The van der Waals surface area contributed by atoms with Crippen molar-refractivity contribution in [3.05, 3.63) is 32.8 Å². The summed E-state index contributed by atoms with van der Waals surface area (Å²) in [6.07, 6.45) is 3.89. The molecule has 1 aliphatic carbocycles. The summed E-state index contributed by atoms with van der Waals surface area (Å²) in [5, 5.41) is 17.1. The van der Waals surface area contributed by atoms with Crippen molar-refractivity contribution in [1.82, 2.24) is 5.32 Å². The normalized spacial score (nSPS) is 19.6. The molecule has 8 nitrogen and oxygen atoms in total. The minimum atomic E-state index is -0.595. The Morgan fingerprint density at radius 1 is 1.31 bits per heavy atom. The molecule has 0 heterocycles. The van der Waals surface area contributed by atoms with Gasteiger partial charge < -0.3 is 16.4 Å². The monoisotopic (exact) mass is 382 g/mol. The van der Waals surface area contributed by atoms with Crippen molar-refractivity contribution in [2.75, 3.05) is 11.9 Å². The molecule has 0 bridgehead atoms. The molecule has 0 aromatic heterocycles. The van der Waals surface area contributed by atoms with Crippen molar-refractivity contribution in [3.63, 3.8) is 0 Å². The number of rotatable bonds is 7. The lowest BCUT2D eigenvalue weighted by molar-refractivity contribution is -0.384. The molecule has 2 amide bonds. The number of amides is 2. The van der Waals surface area contributed by atoms with Crippen LogP contribution in [0.5, 0.6) is 0 Å². The Bertz CT molecular complexity index is 702. The summed E-state index contributed by atoms with van der Waals surface area (Å²) in [6.45, 7) is 2.32. The van der Waals surface area contributed by atoms with Gasteiger partial charge in [-0.25, -0.2) is 0 Å². The lowest BCUT2D eigenvalue weighted by Gasteiger charge is -2.27. The Morgan fingerprint density at radius 2 is 1.96 bits per heavy atom. The molecule has 4 N–H and O–H groups in total. The van der Waals surface area contributed by atoms with Crippen LogP contribution in [0.4, 0.5) is 11.4 Å². The van der Waals surface area contributed by atoms with Crippen molar-refractivity contribution in [1.29, 1.82) is 0 Å². The number of nitro groups is 1. The highest BCUT2D eigenvalue weighted by Gasteiger charge is 2.24. The van der Waals surface area contributed by atoms with E-state index in [1.165, 1.54) is 6.07 Å². The standard InChI is InChI=1S/C17H23ClN4O4/c1-10-2-4-11(5-3-10)21-17(24)12-8-15(22(25)26)14(9-13(12)18)20-7-6-16(19)23/h8-11,20H,2-7H2,1H3,(H2,19,23)(H,21,24). The van der Waals surface area contributed by atoms with E-state index in [4.69, 9.17) is 17.3 Å². The largest absolute Gasteiger partial charge is 0.379 e. The predicted molar refractivity (Wildman–Crippen MR) is 99.3 cm³/mol. The van der Waals surface area contributed by atoms with Crippen LogP contribution in [0.25, 0.3) is 0 Å². The fraction of sp³-hybridized carbons (Fsp3) is 0.529. The Labute approximate surface area is 156 Å². The van der Waals surface area contributed by atoms with Crippen molar-refractivity contribution >= 4 is 34.8 Å². The SMILES string of the molecule is CC1CCC(NC(=O)c2cc([N+](=O)[O-])c(NCCC(N)=O)cc2Cl)CC1. The van der Waals surface area contributed by atoms with Crippen molar-refractivity contribution < 1.29 is 14.5 Å². The van der Waals surface area contributed by atoms with Gasteiger partial charge in [0, 0.05) is 25.1 Å². The highest BCUT2D eigenvalue weighted by atomic mass is 35.5. The van der Waals surface area contributed by atoms with Crippen molar-refractivity contribution in [3.8, 4) is 0 Å². The second-order valence-corrected chi connectivity index (χ2v) is 7.09. The topological polar surface area (TPSA) is 127 Å². The van der Waals surface area contributed by atoms with Crippen LogP contribution in [0.3, 0.4) is 0 Å².